The molecule has 2 nitrogen and oxygen atoms in total. The van der Waals surface area contributed by atoms with E-state index in [9.17, 15) is 13.6 Å². The zero-order valence-corrected chi connectivity index (χ0v) is 13.7. The summed E-state index contributed by atoms with van der Waals surface area (Å²) in [4.78, 5) is 12.7. The van der Waals surface area contributed by atoms with E-state index in [-0.39, 0.29) is 0 Å². The normalized spacial score (nSPS) is 12.0. The number of halogens is 3. The number of carbonyl (C=O) groups excluding carboxylic acids is 1. The number of benzene rings is 2. The van der Waals surface area contributed by atoms with Crippen LogP contribution in [0.2, 0.25) is 5.02 Å². The van der Waals surface area contributed by atoms with Crippen LogP contribution in [0.4, 0.5) is 8.78 Å². The van der Waals surface area contributed by atoms with Gasteiger partial charge in [-0.1, -0.05) is 31.0 Å². The minimum atomic E-state index is -0.866. The van der Waals surface area contributed by atoms with Gasteiger partial charge in [0, 0.05) is 10.9 Å². The van der Waals surface area contributed by atoms with Crippen LogP contribution in [-0.2, 0) is 0 Å². The van der Waals surface area contributed by atoms with Crippen LogP contribution in [0.1, 0.15) is 41.6 Å². The summed E-state index contributed by atoms with van der Waals surface area (Å²) in [5, 5.41) is 0.370. The first-order valence-electron chi connectivity index (χ1n) is 7.31. The van der Waals surface area contributed by atoms with Crippen molar-refractivity contribution < 1.29 is 18.3 Å². The Hall–Kier alpha value is -1.94. The van der Waals surface area contributed by atoms with Gasteiger partial charge in [0.1, 0.15) is 17.4 Å². The predicted octanol–water partition coefficient (Wildman–Crippen LogP) is 5.39. The van der Waals surface area contributed by atoms with Gasteiger partial charge in [0.05, 0.1) is 12.7 Å². The summed E-state index contributed by atoms with van der Waals surface area (Å²) in [6.45, 7) is 1.89. The van der Waals surface area contributed by atoms with E-state index in [1.54, 1.807) is 18.2 Å². The molecule has 0 radical (unpaired) electrons. The van der Waals surface area contributed by atoms with E-state index in [0.717, 1.165) is 12.1 Å². The van der Waals surface area contributed by atoms with Gasteiger partial charge >= 0.3 is 0 Å². The number of hydrogen-bond donors (Lipinski definition) is 0. The lowest BCUT2D eigenvalue weighted by Crippen LogP contribution is -2.17. The van der Waals surface area contributed by atoms with Gasteiger partial charge < -0.3 is 4.74 Å². The quantitative estimate of drug-likeness (QED) is 0.660. The zero-order chi connectivity index (χ0) is 17.0. The third kappa shape index (κ3) is 3.70. The van der Waals surface area contributed by atoms with Crippen molar-refractivity contribution in [3.8, 4) is 5.75 Å². The van der Waals surface area contributed by atoms with Crippen LogP contribution in [0.3, 0.4) is 0 Å². The Morgan fingerprint density at radius 2 is 1.87 bits per heavy atom. The number of carbonyl (C=O) groups is 1. The van der Waals surface area contributed by atoms with Gasteiger partial charge in [-0.15, -0.1) is 0 Å². The van der Waals surface area contributed by atoms with E-state index in [1.165, 1.54) is 13.2 Å². The molecule has 2 rings (SSSR count). The Kier molecular flexibility index (Phi) is 5.72. The molecule has 1 unspecified atom stereocenters. The van der Waals surface area contributed by atoms with Crippen LogP contribution in [0.5, 0.6) is 5.75 Å². The van der Waals surface area contributed by atoms with Crippen LogP contribution in [0.25, 0.3) is 0 Å². The van der Waals surface area contributed by atoms with E-state index in [1.807, 2.05) is 6.92 Å². The fourth-order valence-electron chi connectivity index (χ4n) is 2.54. The number of methoxy groups -OCH3 is 1. The summed E-state index contributed by atoms with van der Waals surface area (Å²) in [7, 11) is 1.50. The molecule has 0 saturated carbocycles. The van der Waals surface area contributed by atoms with Crippen molar-refractivity contribution in [3.63, 3.8) is 0 Å². The molecule has 0 amide bonds. The van der Waals surface area contributed by atoms with Gasteiger partial charge in [-0.05, 0) is 42.3 Å². The van der Waals surface area contributed by atoms with Crippen LogP contribution >= 0.6 is 11.6 Å². The SMILES string of the molecule is CCCC(C(=O)c1c(F)cccc1F)c1cc(OC)ccc1Cl. The lowest BCUT2D eigenvalue weighted by molar-refractivity contribution is 0.0946. The average molecular weight is 339 g/mol. The molecule has 0 fully saturated rings. The Labute approximate surface area is 139 Å². The minimum Gasteiger partial charge on any atom is -0.497 e. The van der Waals surface area contributed by atoms with Gasteiger partial charge in [0.15, 0.2) is 5.78 Å². The van der Waals surface area contributed by atoms with Crippen molar-refractivity contribution in [2.24, 2.45) is 0 Å². The Morgan fingerprint density at radius 3 is 2.43 bits per heavy atom. The van der Waals surface area contributed by atoms with Crippen molar-refractivity contribution in [1.82, 2.24) is 0 Å². The first-order valence-corrected chi connectivity index (χ1v) is 7.69. The summed E-state index contributed by atoms with van der Waals surface area (Å²) in [6.07, 6.45) is 1.10. The second kappa shape index (κ2) is 7.55. The monoisotopic (exact) mass is 338 g/mol. The smallest absolute Gasteiger partial charge is 0.176 e. The number of ketones is 1. The van der Waals surface area contributed by atoms with Gasteiger partial charge in [-0.2, -0.15) is 0 Å². The molecule has 0 aliphatic carbocycles. The van der Waals surface area contributed by atoms with Crippen LogP contribution in [0, 0.1) is 11.6 Å². The molecule has 0 aliphatic heterocycles. The van der Waals surface area contributed by atoms with E-state index in [0.29, 0.717) is 29.2 Å². The van der Waals surface area contributed by atoms with Crippen molar-refractivity contribution in [2.75, 3.05) is 7.11 Å². The molecule has 122 valence electrons. The Morgan fingerprint density at radius 1 is 1.22 bits per heavy atom. The topological polar surface area (TPSA) is 26.3 Å². The molecule has 5 heteroatoms. The second-order valence-corrected chi connectivity index (χ2v) is 5.60. The molecule has 2 aromatic rings. The lowest BCUT2D eigenvalue weighted by Gasteiger charge is -2.18. The fourth-order valence-corrected chi connectivity index (χ4v) is 2.79. The Bertz CT molecular complexity index is 696. The highest BCUT2D eigenvalue weighted by molar-refractivity contribution is 6.31. The standard InChI is InChI=1S/C18H17ClF2O2/c1-3-5-12(13-10-11(23-2)8-9-14(13)19)18(22)17-15(20)6-4-7-16(17)21/h4,6-10,12H,3,5H2,1-2H3. The van der Waals surface area contributed by atoms with E-state index >= 15 is 0 Å². The van der Waals surface area contributed by atoms with E-state index in [4.69, 9.17) is 16.3 Å². The van der Waals surface area contributed by atoms with Crippen molar-refractivity contribution in [3.05, 3.63) is 64.2 Å². The molecular weight excluding hydrogens is 322 g/mol. The fraction of sp³-hybridized carbons (Fsp3) is 0.278. The highest BCUT2D eigenvalue weighted by Gasteiger charge is 2.28. The molecule has 23 heavy (non-hydrogen) atoms. The van der Waals surface area contributed by atoms with Gasteiger partial charge in [0.2, 0.25) is 0 Å². The molecule has 0 bridgehead atoms. The van der Waals surface area contributed by atoms with Gasteiger partial charge in [-0.25, -0.2) is 8.78 Å². The zero-order valence-electron chi connectivity index (χ0n) is 12.9. The first-order chi connectivity index (χ1) is 11.0. The molecule has 0 aliphatic rings. The average Bonchev–Trinajstić information content (AvgIpc) is 2.53. The summed E-state index contributed by atoms with van der Waals surface area (Å²) in [5.41, 5.74) is -0.00893. The van der Waals surface area contributed by atoms with Crippen LogP contribution in [0.15, 0.2) is 36.4 Å². The molecule has 0 saturated heterocycles. The molecule has 0 heterocycles. The number of rotatable bonds is 6. The summed E-state index contributed by atoms with van der Waals surface area (Å²) in [6, 6.07) is 8.31. The van der Waals surface area contributed by atoms with Crippen molar-refractivity contribution in [2.45, 2.75) is 25.7 Å². The summed E-state index contributed by atoms with van der Waals surface area (Å²) < 4.78 is 33.0. The van der Waals surface area contributed by atoms with E-state index in [2.05, 4.69) is 0 Å². The molecule has 0 spiro atoms. The van der Waals surface area contributed by atoms with Crippen LogP contribution in [-0.4, -0.2) is 12.9 Å². The second-order valence-electron chi connectivity index (χ2n) is 5.19. The van der Waals surface area contributed by atoms with E-state index < -0.39 is 28.9 Å². The minimum absolute atomic E-state index is 0.370. The maximum Gasteiger partial charge on any atom is 0.176 e. The third-order valence-corrected chi connectivity index (χ3v) is 4.03. The first kappa shape index (κ1) is 17.4. The molecule has 0 aromatic heterocycles. The molecule has 0 N–H and O–H groups in total. The van der Waals surface area contributed by atoms with Crippen LogP contribution < -0.4 is 4.74 Å². The Balaban J connectivity index is 2.52. The molecular formula is C18H17ClF2O2. The largest absolute Gasteiger partial charge is 0.497 e. The highest BCUT2D eigenvalue weighted by atomic mass is 35.5. The summed E-state index contributed by atoms with van der Waals surface area (Å²) >= 11 is 6.20. The predicted molar refractivity (Wildman–Crippen MR) is 86.3 cm³/mol. The summed E-state index contributed by atoms with van der Waals surface area (Å²) in [5.74, 6) is -2.54. The maximum absolute atomic E-state index is 13.9. The highest BCUT2D eigenvalue weighted by Crippen LogP contribution is 2.34. The van der Waals surface area contributed by atoms with Gasteiger partial charge in [-0.3, -0.25) is 4.79 Å². The van der Waals surface area contributed by atoms with Gasteiger partial charge in [0.25, 0.3) is 0 Å². The number of ether oxygens (including phenoxy) is 1. The van der Waals surface area contributed by atoms with Crippen molar-refractivity contribution in [1.29, 1.82) is 0 Å². The van der Waals surface area contributed by atoms with Crippen molar-refractivity contribution >= 4 is 17.4 Å². The number of Topliss-reactive ketones (excluding diaryl/α,β-unsaturated/α-hetero) is 1. The molecule has 1 atom stereocenters. The lowest BCUT2D eigenvalue weighted by atomic mass is 9.86. The maximum atomic E-state index is 13.9. The number of hydrogen-bond acceptors (Lipinski definition) is 2. The molecule has 2 aromatic carbocycles. The third-order valence-electron chi connectivity index (χ3n) is 3.68.